The fourth-order valence-electron chi connectivity index (χ4n) is 1.66. The van der Waals surface area contributed by atoms with Gasteiger partial charge in [0.1, 0.15) is 12.4 Å². The van der Waals surface area contributed by atoms with Crippen LogP contribution in [0.3, 0.4) is 0 Å². The highest BCUT2D eigenvalue weighted by atomic mass is 16.5. The monoisotopic (exact) mass is 221 g/mol. The van der Waals surface area contributed by atoms with E-state index in [2.05, 4.69) is 38.2 Å². The Morgan fingerprint density at radius 3 is 2.56 bits per heavy atom. The fourth-order valence-corrected chi connectivity index (χ4v) is 1.66. The maximum absolute atomic E-state index is 5.78. The number of aryl methyl sites for hydroxylation is 2. The minimum absolute atomic E-state index is 0.451. The first kappa shape index (κ1) is 13.0. The Balaban J connectivity index is 2.50. The number of rotatable bonds is 6. The minimum atomic E-state index is 0.451. The van der Waals surface area contributed by atoms with Crippen molar-refractivity contribution in [2.75, 3.05) is 13.7 Å². The summed E-state index contributed by atoms with van der Waals surface area (Å²) < 4.78 is 5.78. The van der Waals surface area contributed by atoms with Gasteiger partial charge in [0.2, 0.25) is 0 Å². The Morgan fingerprint density at radius 1 is 1.25 bits per heavy atom. The molecule has 2 heteroatoms. The molecule has 0 amide bonds. The van der Waals surface area contributed by atoms with Crippen LogP contribution >= 0.6 is 0 Å². The number of nitrogens with one attached hydrogen (secondary N) is 1. The van der Waals surface area contributed by atoms with Crippen LogP contribution in [0.4, 0.5) is 0 Å². The number of ether oxygens (including phenoxy) is 1. The van der Waals surface area contributed by atoms with Gasteiger partial charge in [0.25, 0.3) is 0 Å². The van der Waals surface area contributed by atoms with Gasteiger partial charge in [0.05, 0.1) is 0 Å². The molecular formula is C14H23NO. The second-order valence-electron chi connectivity index (χ2n) is 4.33. The molecule has 0 saturated heterocycles. The van der Waals surface area contributed by atoms with Crippen LogP contribution in [-0.4, -0.2) is 19.7 Å². The van der Waals surface area contributed by atoms with E-state index in [-0.39, 0.29) is 0 Å². The topological polar surface area (TPSA) is 21.3 Å². The molecule has 0 radical (unpaired) electrons. The summed E-state index contributed by atoms with van der Waals surface area (Å²) in [6.07, 6.45) is 2.34. The standard InChI is InChI=1S/C14H23NO/c1-5-6-13(15-4)10-16-14-8-7-11(2)12(3)9-14/h7-9,13,15H,5-6,10H2,1-4H3. The lowest BCUT2D eigenvalue weighted by molar-refractivity contribution is 0.262. The van der Waals surface area contributed by atoms with Crippen molar-refractivity contribution in [2.24, 2.45) is 0 Å². The van der Waals surface area contributed by atoms with Crippen LogP contribution < -0.4 is 10.1 Å². The predicted octanol–water partition coefficient (Wildman–Crippen LogP) is 3.07. The SMILES string of the molecule is CCCC(COc1ccc(C)c(C)c1)NC. The molecule has 2 nitrogen and oxygen atoms in total. The Hall–Kier alpha value is -1.02. The van der Waals surface area contributed by atoms with Crippen molar-refractivity contribution in [1.29, 1.82) is 0 Å². The van der Waals surface area contributed by atoms with Crippen molar-refractivity contribution in [3.05, 3.63) is 29.3 Å². The number of hydrogen-bond acceptors (Lipinski definition) is 2. The normalized spacial score (nSPS) is 12.5. The molecule has 0 aliphatic heterocycles. The quantitative estimate of drug-likeness (QED) is 0.797. The second-order valence-corrected chi connectivity index (χ2v) is 4.33. The van der Waals surface area contributed by atoms with Crippen molar-refractivity contribution >= 4 is 0 Å². The van der Waals surface area contributed by atoms with E-state index < -0.39 is 0 Å². The number of benzene rings is 1. The van der Waals surface area contributed by atoms with Crippen molar-refractivity contribution in [1.82, 2.24) is 5.32 Å². The Labute approximate surface area is 99.0 Å². The summed E-state index contributed by atoms with van der Waals surface area (Å²) in [6.45, 7) is 7.17. The number of likely N-dealkylation sites (N-methyl/N-ethyl adjacent to an activating group) is 1. The third-order valence-electron chi connectivity index (χ3n) is 2.97. The zero-order valence-corrected chi connectivity index (χ0v) is 10.8. The van der Waals surface area contributed by atoms with Gasteiger partial charge in [-0.15, -0.1) is 0 Å². The van der Waals surface area contributed by atoms with Crippen LogP contribution in [0.15, 0.2) is 18.2 Å². The van der Waals surface area contributed by atoms with Gasteiger partial charge >= 0.3 is 0 Å². The lowest BCUT2D eigenvalue weighted by Gasteiger charge is -2.16. The maximum atomic E-state index is 5.78. The molecule has 0 heterocycles. The minimum Gasteiger partial charge on any atom is -0.492 e. The van der Waals surface area contributed by atoms with E-state index in [0.717, 1.165) is 18.8 Å². The van der Waals surface area contributed by atoms with Crippen LogP contribution in [0.5, 0.6) is 5.75 Å². The van der Waals surface area contributed by atoms with Crippen molar-refractivity contribution < 1.29 is 4.74 Å². The summed E-state index contributed by atoms with van der Waals surface area (Å²) in [5.41, 5.74) is 2.60. The molecule has 0 bridgehead atoms. The van der Waals surface area contributed by atoms with Gasteiger partial charge in [0.15, 0.2) is 0 Å². The molecule has 1 aromatic rings. The van der Waals surface area contributed by atoms with Crippen LogP contribution in [0.25, 0.3) is 0 Å². The van der Waals surface area contributed by atoms with Gasteiger partial charge in [-0.3, -0.25) is 0 Å². The van der Waals surface area contributed by atoms with Crippen LogP contribution in [0.1, 0.15) is 30.9 Å². The van der Waals surface area contributed by atoms with Gasteiger partial charge in [-0.2, -0.15) is 0 Å². The Kier molecular flexibility index (Phi) is 5.33. The van der Waals surface area contributed by atoms with Crippen LogP contribution in [0.2, 0.25) is 0 Å². The lowest BCUT2D eigenvalue weighted by Crippen LogP contribution is -2.31. The molecule has 0 aromatic heterocycles. The first-order chi connectivity index (χ1) is 7.67. The highest BCUT2D eigenvalue weighted by molar-refractivity contribution is 5.33. The van der Waals surface area contributed by atoms with E-state index in [1.165, 1.54) is 17.5 Å². The van der Waals surface area contributed by atoms with E-state index in [9.17, 15) is 0 Å². The average Bonchev–Trinajstić information content (AvgIpc) is 2.28. The number of hydrogen-bond donors (Lipinski definition) is 1. The van der Waals surface area contributed by atoms with Crippen molar-refractivity contribution in [2.45, 2.75) is 39.7 Å². The second kappa shape index (κ2) is 6.54. The van der Waals surface area contributed by atoms with Crippen molar-refractivity contribution in [3.63, 3.8) is 0 Å². The highest BCUT2D eigenvalue weighted by Crippen LogP contribution is 2.16. The van der Waals surface area contributed by atoms with Gasteiger partial charge < -0.3 is 10.1 Å². The smallest absolute Gasteiger partial charge is 0.119 e. The third kappa shape index (κ3) is 3.86. The molecule has 90 valence electrons. The Morgan fingerprint density at radius 2 is 2.00 bits per heavy atom. The van der Waals surface area contributed by atoms with Crippen LogP contribution in [0, 0.1) is 13.8 Å². The summed E-state index contributed by atoms with van der Waals surface area (Å²) in [5.74, 6) is 0.972. The largest absolute Gasteiger partial charge is 0.492 e. The lowest BCUT2D eigenvalue weighted by atomic mass is 10.1. The van der Waals surface area contributed by atoms with E-state index >= 15 is 0 Å². The Bertz CT molecular complexity index is 323. The van der Waals surface area contributed by atoms with Gasteiger partial charge in [-0.05, 0) is 50.6 Å². The van der Waals surface area contributed by atoms with Gasteiger partial charge in [-0.25, -0.2) is 0 Å². The molecule has 0 spiro atoms. The first-order valence-electron chi connectivity index (χ1n) is 6.04. The van der Waals surface area contributed by atoms with E-state index in [1.54, 1.807) is 0 Å². The van der Waals surface area contributed by atoms with Gasteiger partial charge in [-0.1, -0.05) is 19.4 Å². The molecule has 1 aromatic carbocycles. The highest BCUT2D eigenvalue weighted by Gasteiger charge is 2.05. The zero-order valence-electron chi connectivity index (χ0n) is 10.8. The summed E-state index contributed by atoms with van der Waals surface area (Å²) in [6, 6.07) is 6.71. The maximum Gasteiger partial charge on any atom is 0.119 e. The summed E-state index contributed by atoms with van der Waals surface area (Å²) >= 11 is 0. The van der Waals surface area contributed by atoms with Crippen molar-refractivity contribution in [3.8, 4) is 5.75 Å². The molecule has 1 unspecified atom stereocenters. The molecule has 0 aliphatic rings. The van der Waals surface area contributed by atoms with E-state index in [1.807, 2.05) is 13.1 Å². The van der Waals surface area contributed by atoms with E-state index in [0.29, 0.717) is 6.04 Å². The molecule has 0 saturated carbocycles. The molecule has 0 fully saturated rings. The summed E-state index contributed by atoms with van der Waals surface area (Å²) in [7, 11) is 1.99. The molecule has 1 rings (SSSR count). The summed E-state index contributed by atoms with van der Waals surface area (Å²) in [5, 5.41) is 3.27. The zero-order chi connectivity index (χ0) is 12.0. The molecule has 16 heavy (non-hydrogen) atoms. The molecule has 1 N–H and O–H groups in total. The molecular weight excluding hydrogens is 198 g/mol. The average molecular weight is 221 g/mol. The molecule has 1 atom stereocenters. The third-order valence-corrected chi connectivity index (χ3v) is 2.97. The first-order valence-corrected chi connectivity index (χ1v) is 6.04. The predicted molar refractivity (Wildman–Crippen MR) is 69.2 cm³/mol. The summed E-state index contributed by atoms with van der Waals surface area (Å²) in [4.78, 5) is 0. The van der Waals surface area contributed by atoms with Crippen LogP contribution in [-0.2, 0) is 0 Å². The van der Waals surface area contributed by atoms with Gasteiger partial charge in [0, 0.05) is 6.04 Å². The molecule has 0 aliphatic carbocycles. The fraction of sp³-hybridized carbons (Fsp3) is 0.571. The van der Waals surface area contributed by atoms with E-state index in [4.69, 9.17) is 4.74 Å².